The maximum atomic E-state index is 13.3. The van der Waals surface area contributed by atoms with Crippen LogP contribution in [0.1, 0.15) is 164 Å². The molecule has 23 heteroatoms. The number of anilines is 5. The average molecular weight is 1360 g/mol. The van der Waals surface area contributed by atoms with Crippen LogP contribution in [0.5, 0.6) is 0 Å². The number of unbranched alkanes of at least 4 members (excludes halogenated alkanes) is 2. The molecular weight excluding hydrogens is 1280 g/mol. The van der Waals surface area contributed by atoms with Crippen LogP contribution < -0.4 is 31.5 Å². The number of nitrogens with zero attached hydrogens (tertiary/aromatic N) is 8. The van der Waals surface area contributed by atoms with E-state index in [9.17, 15) is 42.7 Å². The number of nitrogens with one attached hydrogen (secondary N) is 3. The van der Waals surface area contributed by atoms with Gasteiger partial charge in [0.1, 0.15) is 29.4 Å². The van der Waals surface area contributed by atoms with E-state index in [4.69, 9.17) is 27.9 Å². The quantitative estimate of drug-likeness (QED) is 0.0314. The second kappa shape index (κ2) is 28.8. The first-order valence-corrected chi connectivity index (χ1v) is 34.0. The summed E-state index contributed by atoms with van der Waals surface area (Å²) < 4.78 is 24.0. The lowest BCUT2D eigenvalue weighted by Gasteiger charge is -2.28. The maximum Gasteiger partial charge on any atom is 0.262 e. The lowest BCUT2D eigenvalue weighted by Crippen LogP contribution is -2.54. The molecule has 5 N–H and O–H groups in total. The van der Waals surface area contributed by atoms with Gasteiger partial charge in [-0.2, -0.15) is 0 Å². The summed E-state index contributed by atoms with van der Waals surface area (Å²) in [6.45, 7) is 30.2. The summed E-state index contributed by atoms with van der Waals surface area (Å²) in [5, 5.41) is 16.0. The number of hydrogen-bond acceptors (Lipinski definition) is 16. The van der Waals surface area contributed by atoms with Crippen molar-refractivity contribution >= 4 is 75.7 Å². The molecule has 2 aliphatic carbocycles. The zero-order valence-electron chi connectivity index (χ0n) is 57.1. The third kappa shape index (κ3) is 14.0. The molecule has 0 spiro atoms. The number of benzene rings is 6. The monoisotopic (exact) mass is 1360 g/mol. The van der Waals surface area contributed by atoms with Crippen LogP contribution in [0.3, 0.4) is 0 Å². The summed E-state index contributed by atoms with van der Waals surface area (Å²) >= 11 is 0. The van der Waals surface area contributed by atoms with Crippen LogP contribution >= 0.6 is 0 Å². The van der Waals surface area contributed by atoms with Crippen molar-refractivity contribution in [1.82, 2.24) is 30.7 Å². The lowest BCUT2D eigenvalue weighted by atomic mass is 10.00. The third-order valence-electron chi connectivity index (χ3n) is 19.8. The van der Waals surface area contributed by atoms with E-state index in [1.807, 2.05) is 27.7 Å². The molecule has 22 nitrogen and oxygen atoms in total. The van der Waals surface area contributed by atoms with E-state index in [2.05, 4.69) is 145 Å². The SMILES string of the molecule is O=C1CCC(N2C(=O)c3ccc(F)cc3C2=O)C(=O)N1.[C-]#[N+]C1(c2ccc(N(CCCCN)c3cc(-c4c(C)noc4C)ccc3C)cc2)CC1.[C-]#[N+]C1(c2ccc(N(CCCCNc3ccc4c(c3)C(=O)N(C3CCC(=O)NC3=O)C4=O)c3cc(-c4c(C)noc4C)ccc3C)cc2)CC1. The first kappa shape index (κ1) is 69.5. The van der Waals surface area contributed by atoms with E-state index in [0.717, 1.165) is 165 Å². The van der Waals surface area contributed by atoms with E-state index in [1.165, 1.54) is 17.3 Å². The fraction of sp³-hybridized carbons (Fsp3) is 0.333. The van der Waals surface area contributed by atoms with Gasteiger partial charge in [-0.15, -0.1) is 0 Å². The molecule has 8 aromatic rings. The van der Waals surface area contributed by atoms with Crippen LogP contribution in [0, 0.1) is 60.5 Å². The van der Waals surface area contributed by atoms with Gasteiger partial charge in [0.05, 0.1) is 33.6 Å². The Morgan fingerprint density at radius 3 is 1.38 bits per heavy atom. The molecular formula is C78H77FN12O10. The molecule has 2 aromatic heterocycles. The molecule has 0 radical (unpaired) electrons. The Balaban J connectivity index is 0.000000160. The maximum absolute atomic E-state index is 13.3. The van der Waals surface area contributed by atoms with Crippen LogP contribution in [0.2, 0.25) is 0 Å². The molecule has 6 heterocycles. The van der Waals surface area contributed by atoms with Gasteiger partial charge in [-0.3, -0.25) is 58.8 Å². The summed E-state index contributed by atoms with van der Waals surface area (Å²) in [7, 11) is 0. The Bertz CT molecular complexity index is 4690. The van der Waals surface area contributed by atoms with Gasteiger partial charge in [-0.25, -0.2) is 17.5 Å². The number of piperidine rings is 2. The summed E-state index contributed by atoms with van der Waals surface area (Å²) in [6, 6.07) is 36.2. The average Bonchev–Trinajstić information content (AvgIpc) is 1.65. The molecule has 14 rings (SSSR count). The molecule has 0 bridgehead atoms. The number of aryl methyl sites for hydroxylation is 6. The topological polar surface area (TPSA) is 272 Å². The molecule has 2 saturated heterocycles. The minimum absolute atomic E-state index is 0.0537. The predicted octanol–water partition coefficient (Wildman–Crippen LogP) is 12.9. The number of fused-ring (bicyclic) bond motifs is 2. The zero-order chi connectivity index (χ0) is 71.6. The number of amides is 8. The van der Waals surface area contributed by atoms with Crippen LogP contribution in [0.15, 0.2) is 130 Å². The summed E-state index contributed by atoms with van der Waals surface area (Å²) in [5.41, 5.74) is 21.3. The lowest BCUT2D eigenvalue weighted by molar-refractivity contribution is -0.137. The van der Waals surface area contributed by atoms with Crippen molar-refractivity contribution < 1.29 is 51.8 Å². The number of hydrogen-bond donors (Lipinski definition) is 4. The van der Waals surface area contributed by atoms with Gasteiger partial charge in [-0.05, 0) is 206 Å². The first-order chi connectivity index (χ1) is 48.6. The molecule has 516 valence electrons. The minimum atomic E-state index is -1.02. The normalized spacial score (nSPS) is 17.5. The molecule has 101 heavy (non-hydrogen) atoms. The van der Waals surface area contributed by atoms with Gasteiger partial charge < -0.3 is 39.6 Å². The standard InChI is InChI=1S/C39H38N6O5.C26H30N4O.C13H9FN2O4/c1-23-7-8-26(35-24(2)43-50-25(35)3)21-33(23)44(29-12-9-27(10-13-29)39(40-4)17-18-39)20-6-5-19-41-28-11-14-30-31(22-28)38(49)45(37(30)48)32-15-16-34(46)42-36(32)47;1-18-7-8-21(25-19(2)29-31-20(25)3)17-24(18)30(16-6-5-15-27)23-11-9-22(10-12-23)26(28-4)13-14-26;14-6-1-2-7-8(5-6)13(20)16(12(7)19)9-3-4-10(17)15-11(9)18/h7-14,21-22,32,41H,5-6,15-20H2,1-3H3,(H,42,46,47);7-12,17H,5-6,13-16,27H2,1-3H3;1-2,5,9H,3-4H2,(H,15,17,18). The fourth-order valence-electron chi connectivity index (χ4n) is 13.8. The minimum Gasteiger partial charge on any atom is -0.385 e. The highest BCUT2D eigenvalue weighted by Gasteiger charge is 2.53. The van der Waals surface area contributed by atoms with E-state index < -0.39 is 65.2 Å². The van der Waals surface area contributed by atoms with Crippen molar-refractivity contribution in [3.05, 3.63) is 217 Å². The van der Waals surface area contributed by atoms with E-state index in [0.29, 0.717) is 18.8 Å². The van der Waals surface area contributed by atoms with Crippen LogP contribution in [-0.4, -0.2) is 106 Å². The number of halogens is 1. The Hall–Kier alpha value is -11.4. The highest BCUT2D eigenvalue weighted by molar-refractivity contribution is 6.24. The van der Waals surface area contributed by atoms with Gasteiger partial charge in [0.2, 0.25) is 23.6 Å². The van der Waals surface area contributed by atoms with Crippen molar-refractivity contribution in [2.24, 2.45) is 5.73 Å². The zero-order valence-corrected chi connectivity index (χ0v) is 57.1. The van der Waals surface area contributed by atoms with Gasteiger partial charge in [0.25, 0.3) is 34.7 Å². The predicted molar refractivity (Wildman–Crippen MR) is 376 cm³/mol. The van der Waals surface area contributed by atoms with E-state index in [1.54, 1.807) is 18.2 Å². The van der Waals surface area contributed by atoms with Crippen molar-refractivity contribution in [3.8, 4) is 22.3 Å². The van der Waals surface area contributed by atoms with Crippen molar-refractivity contribution in [3.63, 3.8) is 0 Å². The van der Waals surface area contributed by atoms with Gasteiger partial charge in [0, 0.05) is 109 Å². The molecule has 4 fully saturated rings. The van der Waals surface area contributed by atoms with Crippen LogP contribution in [0.25, 0.3) is 31.9 Å². The fourth-order valence-corrected chi connectivity index (χ4v) is 13.8. The smallest absolute Gasteiger partial charge is 0.262 e. The number of carbonyl (C=O) groups is 8. The number of rotatable bonds is 20. The molecule has 2 saturated carbocycles. The summed E-state index contributed by atoms with van der Waals surface area (Å²) in [6.07, 6.45) is 7.74. The van der Waals surface area contributed by atoms with Crippen LogP contribution in [-0.2, 0) is 30.3 Å². The second-order valence-electron chi connectivity index (χ2n) is 26.6. The summed E-state index contributed by atoms with van der Waals surface area (Å²) in [4.78, 5) is 112. The number of nitrogens with two attached hydrogens (primary N) is 1. The molecule has 6 aromatic carbocycles. The highest BCUT2D eigenvalue weighted by Crippen LogP contribution is 2.51. The summed E-state index contributed by atoms with van der Waals surface area (Å²) in [5.74, 6) is -3.57. The van der Waals surface area contributed by atoms with Crippen molar-refractivity contribution in [2.45, 2.75) is 142 Å². The second-order valence-corrected chi connectivity index (χ2v) is 26.6. The molecule has 2 unspecified atom stereocenters. The number of imide groups is 4. The van der Waals surface area contributed by atoms with Gasteiger partial charge >= 0.3 is 0 Å². The molecule has 8 amide bonds. The Morgan fingerprint density at radius 2 is 0.970 bits per heavy atom. The van der Waals surface area contributed by atoms with Crippen LogP contribution in [0.4, 0.5) is 32.8 Å². The Kier molecular flexibility index (Phi) is 19.8. The highest BCUT2D eigenvalue weighted by atomic mass is 19.1. The van der Waals surface area contributed by atoms with Crippen molar-refractivity contribution in [1.29, 1.82) is 0 Å². The molecule has 6 aliphatic rings. The van der Waals surface area contributed by atoms with Gasteiger partial charge in [0.15, 0.2) is 0 Å². The van der Waals surface area contributed by atoms with Gasteiger partial charge in [-0.1, -0.05) is 34.6 Å². The first-order valence-electron chi connectivity index (χ1n) is 34.0. The van der Waals surface area contributed by atoms with E-state index >= 15 is 0 Å². The Labute approximate surface area is 584 Å². The largest absolute Gasteiger partial charge is 0.385 e. The third-order valence-corrected chi connectivity index (χ3v) is 19.8. The number of carbonyl (C=O) groups excluding carboxylic acids is 8. The Morgan fingerprint density at radius 1 is 0.545 bits per heavy atom. The van der Waals surface area contributed by atoms with Crippen molar-refractivity contribution in [2.75, 3.05) is 41.3 Å². The van der Waals surface area contributed by atoms with E-state index in [-0.39, 0.29) is 59.0 Å². The molecule has 4 aliphatic heterocycles. The molecule has 2 atom stereocenters. The number of aromatic nitrogens is 2.